The van der Waals surface area contributed by atoms with Gasteiger partial charge in [-0.25, -0.2) is 0 Å². The number of piperidine rings is 1. The molecule has 0 spiro atoms. The Morgan fingerprint density at radius 1 is 1.22 bits per heavy atom. The Kier molecular flexibility index (Phi) is 8.13. The van der Waals surface area contributed by atoms with E-state index in [1.165, 1.54) is 13.0 Å². The normalized spacial score (nSPS) is 47.7. The second-order valence-corrected chi connectivity index (χ2v) is 13.2. The third-order valence-corrected chi connectivity index (χ3v) is 10.1. The van der Waals surface area contributed by atoms with Gasteiger partial charge in [0.25, 0.3) is 0 Å². The maximum absolute atomic E-state index is 13.9. The summed E-state index contributed by atoms with van der Waals surface area (Å²) in [6.45, 7) is 16.4. The average molecular weight is 544 g/mol. The molecule has 0 aromatic carbocycles. The summed E-state index contributed by atoms with van der Waals surface area (Å²) >= 11 is 0. The van der Waals surface area contributed by atoms with Gasteiger partial charge in [-0.15, -0.1) is 19.0 Å². The molecule has 9 heteroatoms. The van der Waals surface area contributed by atoms with Gasteiger partial charge in [-0.2, -0.15) is 0 Å². The molecule has 4 rings (SSSR count). The number of hydrogen-bond donors (Lipinski definition) is 3. The van der Waals surface area contributed by atoms with Crippen LogP contribution in [-0.4, -0.2) is 86.7 Å². The van der Waals surface area contributed by atoms with Gasteiger partial charge in [-0.3, -0.25) is 14.5 Å². The van der Waals surface area contributed by atoms with Gasteiger partial charge < -0.3 is 24.8 Å². The van der Waals surface area contributed by atoms with Crippen molar-refractivity contribution in [3.8, 4) is 0 Å². The first kappa shape index (κ1) is 30.5. The summed E-state index contributed by atoms with van der Waals surface area (Å²) in [5.41, 5.74) is -7.11. The van der Waals surface area contributed by atoms with Crippen LogP contribution >= 0.6 is 12.4 Å². The number of likely N-dealkylation sites (tertiary alicyclic amines) is 1. The van der Waals surface area contributed by atoms with E-state index in [0.29, 0.717) is 18.8 Å². The molecule has 0 radical (unpaired) electrons. The maximum atomic E-state index is 13.9. The van der Waals surface area contributed by atoms with Crippen molar-refractivity contribution in [2.75, 3.05) is 19.6 Å². The molecule has 5 unspecified atom stereocenters. The second-order valence-electron chi connectivity index (χ2n) is 13.2. The van der Waals surface area contributed by atoms with E-state index in [4.69, 9.17) is 9.47 Å². The van der Waals surface area contributed by atoms with Gasteiger partial charge in [-0.05, 0) is 57.4 Å². The number of fused-ring (bicyclic) bond motifs is 3. The van der Waals surface area contributed by atoms with Crippen LogP contribution in [0.5, 0.6) is 0 Å². The first-order chi connectivity index (χ1) is 16.6. The van der Waals surface area contributed by atoms with Crippen molar-refractivity contribution in [1.82, 2.24) is 4.90 Å². The fourth-order valence-electron chi connectivity index (χ4n) is 8.27. The van der Waals surface area contributed by atoms with Gasteiger partial charge in [-0.1, -0.05) is 33.8 Å². The lowest BCUT2D eigenvalue weighted by Crippen LogP contribution is -2.86. The van der Waals surface area contributed by atoms with Crippen LogP contribution in [0.1, 0.15) is 73.6 Å². The van der Waals surface area contributed by atoms with Gasteiger partial charge in [0.1, 0.15) is 5.60 Å². The Bertz CT molecular complexity index is 928. The van der Waals surface area contributed by atoms with Crippen molar-refractivity contribution in [3.63, 3.8) is 0 Å². The topological polar surface area (TPSA) is 117 Å². The Morgan fingerprint density at radius 2 is 1.86 bits per heavy atom. The van der Waals surface area contributed by atoms with Crippen LogP contribution in [0.2, 0.25) is 0 Å². The first-order valence-corrected chi connectivity index (χ1v) is 13.4. The van der Waals surface area contributed by atoms with Crippen molar-refractivity contribution in [3.05, 3.63) is 12.7 Å². The Balaban J connectivity index is 0.00000380. The minimum Gasteiger partial charge on any atom is -0.455 e. The van der Waals surface area contributed by atoms with Crippen molar-refractivity contribution in [2.24, 2.45) is 22.7 Å². The number of aliphatic hydroxyl groups is 3. The van der Waals surface area contributed by atoms with Crippen molar-refractivity contribution >= 4 is 24.2 Å². The number of ketones is 1. The molecule has 2 aliphatic heterocycles. The molecule has 9 atom stereocenters. The van der Waals surface area contributed by atoms with Crippen LogP contribution in [0.3, 0.4) is 0 Å². The van der Waals surface area contributed by atoms with Crippen molar-refractivity contribution < 1.29 is 34.4 Å². The number of carbonyl (C=O) groups excluding carboxylic acids is 2. The molecule has 0 amide bonds. The minimum atomic E-state index is -2.20. The molecule has 3 N–H and O–H groups in total. The molecule has 0 aromatic heterocycles. The van der Waals surface area contributed by atoms with E-state index in [9.17, 15) is 24.9 Å². The zero-order chi connectivity index (χ0) is 26.9. The molecule has 212 valence electrons. The summed E-state index contributed by atoms with van der Waals surface area (Å²) in [4.78, 5) is 29.2. The van der Waals surface area contributed by atoms with E-state index in [-0.39, 0.29) is 25.4 Å². The average Bonchev–Trinajstić information content (AvgIpc) is 2.77. The van der Waals surface area contributed by atoms with E-state index in [1.807, 2.05) is 18.7 Å². The lowest BCUT2D eigenvalue weighted by Gasteiger charge is -2.71. The number of esters is 1. The van der Waals surface area contributed by atoms with Crippen LogP contribution in [0, 0.1) is 22.7 Å². The lowest BCUT2D eigenvalue weighted by atomic mass is 9.40. The number of hydrogen-bond acceptors (Lipinski definition) is 8. The van der Waals surface area contributed by atoms with E-state index in [0.717, 1.165) is 25.9 Å². The van der Waals surface area contributed by atoms with E-state index in [1.54, 1.807) is 13.8 Å². The third kappa shape index (κ3) is 4.40. The Morgan fingerprint density at radius 3 is 2.46 bits per heavy atom. The van der Waals surface area contributed by atoms with Gasteiger partial charge in [0.2, 0.25) is 0 Å². The molecule has 2 saturated heterocycles. The fourth-order valence-corrected chi connectivity index (χ4v) is 8.27. The van der Waals surface area contributed by atoms with Crippen molar-refractivity contribution in [2.45, 2.75) is 109 Å². The van der Waals surface area contributed by atoms with Gasteiger partial charge in [0.05, 0.1) is 24.4 Å². The van der Waals surface area contributed by atoms with E-state index < -0.39 is 63.6 Å². The molecule has 4 aliphatic rings. The third-order valence-electron chi connectivity index (χ3n) is 10.1. The van der Waals surface area contributed by atoms with Crippen LogP contribution in [0.15, 0.2) is 12.7 Å². The summed E-state index contributed by atoms with van der Waals surface area (Å²) < 4.78 is 12.5. The smallest absolute Gasteiger partial charge is 0.320 e. The summed E-state index contributed by atoms with van der Waals surface area (Å²) in [6.07, 6.45) is 0.802. The van der Waals surface area contributed by atoms with Gasteiger partial charge in [0.15, 0.2) is 17.5 Å². The quantitative estimate of drug-likeness (QED) is 0.366. The highest BCUT2D eigenvalue weighted by molar-refractivity contribution is 5.92. The Hall–Kier alpha value is -1.03. The number of Topliss-reactive ketones (excluding diaryl/α,β-unsaturated/α-hetero) is 1. The number of halogens is 1. The SMILES string of the molecule is C=C[C@@]1(C)CC(=O)[C@]2(O)C3(C)C(C(O)C(OC(=O)CN4CCCC(C)C4)[C@@]2(C)O1)C(C)(C)CC[C@@H]3O.Cl. The number of nitrogens with zero attached hydrogens (tertiary/aromatic N) is 1. The largest absolute Gasteiger partial charge is 0.455 e. The molecule has 2 aliphatic carbocycles. The highest BCUT2D eigenvalue weighted by atomic mass is 35.5. The summed E-state index contributed by atoms with van der Waals surface area (Å²) in [5.74, 6) is -1.27. The lowest BCUT2D eigenvalue weighted by molar-refractivity contribution is -0.370. The minimum absolute atomic E-state index is 0. The van der Waals surface area contributed by atoms with Crippen LogP contribution in [-0.2, 0) is 19.1 Å². The highest BCUT2D eigenvalue weighted by Gasteiger charge is 2.81. The predicted molar refractivity (Wildman–Crippen MR) is 141 cm³/mol. The molecule has 2 heterocycles. The van der Waals surface area contributed by atoms with E-state index in [2.05, 4.69) is 13.5 Å². The highest BCUT2D eigenvalue weighted by Crippen LogP contribution is 2.67. The van der Waals surface area contributed by atoms with Gasteiger partial charge in [0, 0.05) is 24.3 Å². The maximum Gasteiger partial charge on any atom is 0.320 e. The van der Waals surface area contributed by atoms with Gasteiger partial charge >= 0.3 is 5.97 Å². The predicted octanol–water partition coefficient (Wildman–Crippen LogP) is 2.65. The van der Waals surface area contributed by atoms with Crippen LogP contribution < -0.4 is 0 Å². The molecule has 0 bridgehead atoms. The summed E-state index contributed by atoms with van der Waals surface area (Å²) in [7, 11) is 0. The molecule has 4 fully saturated rings. The van der Waals surface area contributed by atoms with Crippen LogP contribution in [0.25, 0.3) is 0 Å². The molecule has 2 saturated carbocycles. The zero-order valence-electron chi connectivity index (χ0n) is 23.2. The van der Waals surface area contributed by atoms with Crippen molar-refractivity contribution in [1.29, 1.82) is 0 Å². The second kappa shape index (κ2) is 9.86. The number of ether oxygens (including phenoxy) is 2. The van der Waals surface area contributed by atoms with E-state index >= 15 is 0 Å². The number of rotatable bonds is 4. The standard InChI is InChI=1S/C28H45NO7.ClH/c1-8-25(5)14-19(31)28(34)26(6)18(30)11-12-24(3,4)22(26)21(33)23(27(28,7)36-25)35-20(32)16-29-13-9-10-17(2)15-29;/h8,17-18,21-23,30,33-34H,1,9-16H2,2-7H3;1H/t17?,18-,21?,22?,23?,25-,26?,27+,28-;/m0./s1. The Labute approximate surface area is 227 Å². The fraction of sp³-hybridized carbons (Fsp3) is 0.857. The molecule has 0 aromatic rings. The molecule has 8 nitrogen and oxygen atoms in total. The summed E-state index contributed by atoms with van der Waals surface area (Å²) in [6, 6.07) is 0. The molecule has 37 heavy (non-hydrogen) atoms. The first-order valence-electron chi connectivity index (χ1n) is 13.4. The summed E-state index contributed by atoms with van der Waals surface area (Å²) in [5, 5.41) is 35.7. The number of aliphatic hydroxyl groups excluding tert-OH is 2. The molecular weight excluding hydrogens is 498 g/mol. The number of carbonyl (C=O) groups is 2. The monoisotopic (exact) mass is 543 g/mol. The molecular formula is C28H46ClNO7. The zero-order valence-corrected chi connectivity index (χ0v) is 24.0. The van der Waals surface area contributed by atoms with Crippen LogP contribution in [0.4, 0.5) is 0 Å².